The summed E-state index contributed by atoms with van der Waals surface area (Å²) in [6, 6.07) is 5.24. The van der Waals surface area contributed by atoms with Gasteiger partial charge in [-0.25, -0.2) is 4.39 Å². The second-order valence-corrected chi connectivity index (χ2v) is 5.60. The summed E-state index contributed by atoms with van der Waals surface area (Å²) >= 11 is 6.07. The standard InChI is InChI=1S/C15H21ClFN/c1-18-14(10-11-6-3-2-4-7-11)12-8-5-9-13(17)15(12)16/h5,8-9,11,14,18H,2-4,6-7,10H2,1H3. The van der Waals surface area contributed by atoms with Crippen LogP contribution in [0.3, 0.4) is 0 Å². The van der Waals surface area contributed by atoms with Crippen molar-refractivity contribution in [1.29, 1.82) is 0 Å². The van der Waals surface area contributed by atoms with Crippen molar-refractivity contribution in [2.45, 2.75) is 44.6 Å². The highest BCUT2D eigenvalue weighted by Crippen LogP contribution is 2.34. The van der Waals surface area contributed by atoms with Crippen LogP contribution in [-0.2, 0) is 0 Å². The molecule has 18 heavy (non-hydrogen) atoms. The number of halogens is 2. The van der Waals surface area contributed by atoms with E-state index >= 15 is 0 Å². The molecule has 3 heteroatoms. The van der Waals surface area contributed by atoms with Crippen LogP contribution in [0.2, 0.25) is 5.02 Å². The van der Waals surface area contributed by atoms with Gasteiger partial charge in [0.1, 0.15) is 5.82 Å². The zero-order chi connectivity index (χ0) is 13.0. The summed E-state index contributed by atoms with van der Waals surface area (Å²) in [5.74, 6) is 0.425. The average molecular weight is 270 g/mol. The maximum Gasteiger partial charge on any atom is 0.142 e. The van der Waals surface area contributed by atoms with Gasteiger partial charge in [0.15, 0.2) is 0 Å². The zero-order valence-electron chi connectivity index (χ0n) is 10.9. The minimum absolute atomic E-state index is 0.163. The van der Waals surface area contributed by atoms with Gasteiger partial charge in [-0.05, 0) is 31.0 Å². The Labute approximate surface area is 114 Å². The predicted octanol–water partition coefficient (Wildman–Crippen LogP) is 4.71. The molecule has 0 heterocycles. The van der Waals surface area contributed by atoms with E-state index in [4.69, 9.17) is 11.6 Å². The third-order valence-electron chi connectivity index (χ3n) is 4.00. The number of rotatable bonds is 4. The molecule has 2 rings (SSSR count). The highest BCUT2D eigenvalue weighted by molar-refractivity contribution is 6.31. The topological polar surface area (TPSA) is 12.0 Å². The Morgan fingerprint density at radius 2 is 2.06 bits per heavy atom. The van der Waals surface area contributed by atoms with E-state index in [0.717, 1.165) is 17.9 Å². The fourth-order valence-electron chi connectivity index (χ4n) is 2.95. The monoisotopic (exact) mass is 269 g/mol. The van der Waals surface area contributed by atoms with Crippen LogP contribution in [0.15, 0.2) is 18.2 Å². The summed E-state index contributed by atoms with van der Waals surface area (Å²) in [5, 5.41) is 3.55. The zero-order valence-corrected chi connectivity index (χ0v) is 11.6. The van der Waals surface area contributed by atoms with Crippen LogP contribution in [0.1, 0.15) is 50.1 Å². The molecule has 1 atom stereocenters. The molecule has 0 saturated heterocycles. The summed E-state index contributed by atoms with van der Waals surface area (Å²) in [4.78, 5) is 0. The first-order valence-corrected chi connectivity index (χ1v) is 7.21. The number of benzene rings is 1. The molecule has 100 valence electrons. The number of hydrogen-bond donors (Lipinski definition) is 1. The second kappa shape index (κ2) is 6.53. The van der Waals surface area contributed by atoms with Gasteiger partial charge >= 0.3 is 0 Å². The number of hydrogen-bond acceptors (Lipinski definition) is 1. The molecular weight excluding hydrogens is 249 g/mol. The van der Waals surface area contributed by atoms with E-state index in [1.165, 1.54) is 38.2 Å². The van der Waals surface area contributed by atoms with Crippen LogP contribution in [-0.4, -0.2) is 7.05 Å². The van der Waals surface area contributed by atoms with Crippen LogP contribution in [0, 0.1) is 11.7 Å². The molecule has 1 saturated carbocycles. The Morgan fingerprint density at radius 3 is 2.72 bits per heavy atom. The summed E-state index contributed by atoms with van der Waals surface area (Å²) < 4.78 is 13.5. The lowest BCUT2D eigenvalue weighted by Crippen LogP contribution is -2.21. The third-order valence-corrected chi connectivity index (χ3v) is 4.40. The lowest BCUT2D eigenvalue weighted by molar-refractivity contribution is 0.305. The molecular formula is C15H21ClFN. The van der Waals surface area contributed by atoms with Crippen molar-refractivity contribution >= 4 is 11.6 Å². The van der Waals surface area contributed by atoms with Gasteiger partial charge in [-0.2, -0.15) is 0 Å². The smallest absolute Gasteiger partial charge is 0.142 e. The van der Waals surface area contributed by atoms with Gasteiger partial charge in [0.05, 0.1) is 5.02 Å². The van der Waals surface area contributed by atoms with E-state index in [2.05, 4.69) is 5.32 Å². The normalized spacial score (nSPS) is 18.8. The van der Waals surface area contributed by atoms with Gasteiger partial charge < -0.3 is 5.32 Å². The summed E-state index contributed by atoms with van der Waals surface area (Å²) in [5.41, 5.74) is 0.893. The van der Waals surface area contributed by atoms with Crippen molar-refractivity contribution in [1.82, 2.24) is 5.32 Å². The Balaban J connectivity index is 2.09. The highest BCUT2D eigenvalue weighted by atomic mass is 35.5. The lowest BCUT2D eigenvalue weighted by atomic mass is 9.83. The van der Waals surface area contributed by atoms with Crippen LogP contribution < -0.4 is 5.32 Å². The first kappa shape index (κ1) is 13.8. The van der Waals surface area contributed by atoms with E-state index < -0.39 is 0 Å². The van der Waals surface area contributed by atoms with Gasteiger partial charge in [0.2, 0.25) is 0 Å². The molecule has 1 aliphatic carbocycles. The van der Waals surface area contributed by atoms with Gasteiger partial charge in [0, 0.05) is 6.04 Å². The molecule has 1 aliphatic rings. The van der Waals surface area contributed by atoms with Crippen molar-refractivity contribution in [3.05, 3.63) is 34.6 Å². The van der Waals surface area contributed by atoms with E-state index in [9.17, 15) is 4.39 Å². The van der Waals surface area contributed by atoms with Crippen molar-refractivity contribution in [3.63, 3.8) is 0 Å². The Hall–Kier alpha value is -0.600. The third kappa shape index (κ3) is 3.24. The molecule has 0 aromatic heterocycles. The molecule has 0 aliphatic heterocycles. The molecule has 0 amide bonds. The first-order valence-electron chi connectivity index (χ1n) is 6.83. The maximum absolute atomic E-state index is 13.5. The fourth-order valence-corrected chi connectivity index (χ4v) is 3.20. The molecule has 1 fully saturated rings. The summed E-state index contributed by atoms with van der Waals surface area (Å²) in [6.07, 6.45) is 7.67. The molecule has 1 aromatic carbocycles. The van der Waals surface area contributed by atoms with E-state index in [1.54, 1.807) is 6.07 Å². The van der Waals surface area contributed by atoms with E-state index in [0.29, 0.717) is 0 Å². The van der Waals surface area contributed by atoms with Crippen LogP contribution >= 0.6 is 11.6 Å². The molecule has 1 N–H and O–H groups in total. The van der Waals surface area contributed by atoms with Gasteiger partial charge in [-0.3, -0.25) is 0 Å². The predicted molar refractivity (Wildman–Crippen MR) is 74.4 cm³/mol. The Morgan fingerprint density at radius 1 is 1.33 bits per heavy atom. The van der Waals surface area contributed by atoms with Gasteiger partial charge in [-0.15, -0.1) is 0 Å². The van der Waals surface area contributed by atoms with E-state index in [1.807, 2.05) is 13.1 Å². The molecule has 1 aromatic rings. The van der Waals surface area contributed by atoms with Crippen molar-refractivity contribution in [3.8, 4) is 0 Å². The van der Waals surface area contributed by atoms with E-state index in [-0.39, 0.29) is 16.9 Å². The molecule has 1 nitrogen and oxygen atoms in total. The van der Waals surface area contributed by atoms with Crippen molar-refractivity contribution in [2.24, 2.45) is 5.92 Å². The molecule has 0 bridgehead atoms. The highest BCUT2D eigenvalue weighted by Gasteiger charge is 2.21. The van der Waals surface area contributed by atoms with Gasteiger partial charge in [-0.1, -0.05) is 55.8 Å². The average Bonchev–Trinajstić information content (AvgIpc) is 2.41. The maximum atomic E-state index is 13.5. The molecule has 0 radical (unpaired) electrons. The van der Waals surface area contributed by atoms with Crippen molar-refractivity contribution < 1.29 is 4.39 Å². The summed E-state index contributed by atoms with van der Waals surface area (Å²) in [6.45, 7) is 0. The minimum atomic E-state index is -0.321. The second-order valence-electron chi connectivity index (χ2n) is 5.22. The largest absolute Gasteiger partial charge is 0.313 e. The minimum Gasteiger partial charge on any atom is -0.313 e. The van der Waals surface area contributed by atoms with Crippen LogP contribution in [0.25, 0.3) is 0 Å². The molecule has 0 spiro atoms. The summed E-state index contributed by atoms with van der Waals surface area (Å²) in [7, 11) is 1.93. The Bertz CT molecular complexity index is 388. The van der Waals surface area contributed by atoms with Crippen molar-refractivity contribution in [2.75, 3.05) is 7.05 Å². The lowest BCUT2D eigenvalue weighted by Gasteiger charge is -2.27. The number of nitrogens with one attached hydrogen (secondary N) is 1. The van der Waals surface area contributed by atoms with Crippen LogP contribution in [0.4, 0.5) is 4.39 Å². The SMILES string of the molecule is CNC(CC1CCCCC1)c1cccc(F)c1Cl. The Kier molecular flexibility index (Phi) is 5.02. The van der Waals surface area contributed by atoms with Gasteiger partial charge in [0.25, 0.3) is 0 Å². The molecule has 1 unspecified atom stereocenters. The van der Waals surface area contributed by atoms with Crippen LogP contribution in [0.5, 0.6) is 0 Å². The quantitative estimate of drug-likeness (QED) is 0.835. The fraction of sp³-hybridized carbons (Fsp3) is 0.600. The first-order chi connectivity index (χ1) is 8.72.